The van der Waals surface area contributed by atoms with Crippen LogP contribution < -0.4 is 11.1 Å². The van der Waals surface area contributed by atoms with Gasteiger partial charge in [0.1, 0.15) is 0 Å². The number of nitrogens with zero attached hydrogens (tertiary/aromatic N) is 4. The second kappa shape index (κ2) is 14.1. The summed E-state index contributed by atoms with van der Waals surface area (Å²) >= 11 is 3.11. The van der Waals surface area contributed by atoms with E-state index in [0.29, 0.717) is 58.0 Å². The van der Waals surface area contributed by atoms with E-state index in [1.807, 2.05) is 43.3 Å². The van der Waals surface area contributed by atoms with E-state index in [1.54, 1.807) is 4.90 Å². The molecular weight excluding hydrogens is 669 g/mol. The van der Waals surface area contributed by atoms with Crippen molar-refractivity contribution in [3.63, 3.8) is 0 Å². The van der Waals surface area contributed by atoms with E-state index in [4.69, 9.17) is 10.5 Å². The van der Waals surface area contributed by atoms with E-state index in [0.717, 1.165) is 30.2 Å². The minimum absolute atomic E-state index is 0.0457. The summed E-state index contributed by atoms with van der Waals surface area (Å²) in [5.74, 6) is -0.442. The molecule has 10 nitrogen and oxygen atoms in total. The number of nitrogen functional groups attached to an aromatic ring is 1. The lowest BCUT2D eigenvalue weighted by molar-refractivity contribution is -0.142. The van der Waals surface area contributed by atoms with Crippen LogP contribution >= 0.6 is 15.9 Å². The maximum absolute atomic E-state index is 13.8. The number of nitrogens with two attached hydrogens (primary N) is 1. The van der Waals surface area contributed by atoms with Gasteiger partial charge in [0, 0.05) is 61.4 Å². The Balaban J connectivity index is 1.27. The molecule has 0 spiro atoms. The number of para-hydroxylation sites is 1. The van der Waals surface area contributed by atoms with Gasteiger partial charge in [-0.2, -0.15) is 13.2 Å². The van der Waals surface area contributed by atoms with Crippen LogP contribution in [0.2, 0.25) is 0 Å². The Kier molecular flexibility index (Phi) is 10.4. The molecule has 46 heavy (non-hydrogen) atoms. The van der Waals surface area contributed by atoms with E-state index in [-0.39, 0.29) is 28.5 Å². The van der Waals surface area contributed by atoms with E-state index in [9.17, 15) is 27.6 Å². The normalized spacial score (nSPS) is 19.0. The Morgan fingerprint density at radius 3 is 2.35 bits per heavy atom. The molecule has 0 aromatic heterocycles. The van der Waals surface area contributed by atoms with Crippen molar-refractivity contribution in [2.45, 2.75) is 62.9 Å². The maximum atomic E-state index is 13.8. The molecule has 1 atom stereocenters. The largest absolute Gasteiger partial charge is 0.436 e. The number of rotatable bonds is 6. The van der Waals surface area contributed by atoms with Gasteiger partial charge in [0.2, 0.25) is 0 Å². The number of urea groups is 1. The van der Waals surface area contributed by atoms with Crippen LogP contribution in [-0.2, 0) is 28.5 Å². The first-order valence-electron chi connectivity index (χ1n) is 15.5. The summed E-state index contributed by atoms with van der Waals surface area (Å²) in [6, 6.07) is 10.1. The number of fused-ring (bicyclic) bond motifs is 1. The fourth-order valence-electron chi connectivity index (χ4n) is 6.52. The lowest BCUT2D eigenvalue weighted by Gasteiger charge is -2.39. The van der Waals surface area contributed by atoms with Crippen LogP contribution in [0.1, 0.15) is 42.4 Å². The number of ether oxygens (including phenoxy) is 1. The first kappa shape index (κ1) is 33.8. The molecule has 0 aliphatic carbocycles. The first-order valence-corrected chi connectivity index (χ1v) is 16.3. The van der Waals surface area contributed by atoms with E-state index in [1.165, 1.54) is 11.0 Å². The third-order valence-corrected chi connectivity index (χ3v) is 9.90. The molecule has 2 aromatic carbocycles. The number of likely N-dealkylation sites (tertiary alicyclic amines) is 2. The molecule has 1 unspecified atom stereocenters. The number of amides is 4. The van der Waals surface area contributed by atoms with Crippen LogP contribution in [0.3, 0.4) is 0 Å². The van der Waals surface area contributed by atoms with Crippen LogP contribution in [0.5, 0.6) is 0 Å². The van der Waals surface area contributed by atoms with Crippen molar-refractivity contribution < 1.29 is 32.3 Å². The topological polar surface area (TPSA) is 111 Å². The van der Waals surface area contributed by atoms with Crippen molar-refractivity contribution in [3.8, 4) is 0 Å². The zero-order valence-corrected chi connectivity index (χ0v) is 27.6. The highest BCUT2D eigenvalue weighted by molar-refractivity contribution is 9.10. The zero-order valence-electron chi connectivity index (χ0n) is 26.0. The molecular formula is C32H40BrF3N6O4. The number of anilines is 2. The summed E-state index contributed by atoms with van der Waals surface area (Å²) in [6.45, 7) is 2.06. The Hall–Kier alpha value is -3.52. The highest BCUT2D eigenvalue weighted by Gasteiger charge is 2.38. The zero-order chi connectivity index (χ0) is 33.2. The highest BCUT2D eigenvalue weighted by atomic mass is 79.9. The minimum Gasteiger partial charge on any atom is -0.436 e. The molecule has 0 saturated carbocycles. The van der Waals surface area contributed by atoms with Crippen molar-refractivity contribution in [2.24, 2.45) is 0 Å². The van der Waals surface area contributed by atoms with Gasteiger partial charge in [-0.1, -0.05) is 18.2 Å². The molecule has 3 aliphatic rings. The van der Waals surface area contributed by atoms with Crippen LogP contribution in [-0.4, -0.2) is 103 Å². The van der Waals surface area contributed by atoms with Crippen molar-refractivity contribution in [2.75, 3.05) is 57.9 Å². The van der Waals surface area contributed by atoms with Crippen molar-refractivity contribution in [1.29, 1.82) is 0 Å². The van der Waals surface area contributed by atoms with Crippen LogP contribution in [0, 0.1) is 0 Å². The molecule has 14 heteroatoms. The molecule has 3 N–H and O–H groups in total. The van der Waals surface area contributed by atoms with Gasteiger partial charge in [0.05, 0.1) is 11.3 Å². The summed E-state index contributed by atoms with van der Waals surface area (Å²) in [5, 5.41) is 2.98. The molecule has 2 saturated heterocycles. The summed E-state index contributed by atoms with van der Waals surface area (Å²) < 4.78 is 47.0. The summed E-state index contributed by atoms with van der Waals surface area (Å²) in [5.41, 5.74) is 6.25. The smallest absolute Gasteiger partial charge is 0.418 e. The van der Waals surface area contributed by atoms with E-state index in [2.05, 4.69) is 26.1 Å². The van der Waals surface area contributed by atoms with Gasteiger partial charge in [0.15, 0.2) is 6.10 Å². The van der Waals surface area contributed by atoms with E-state index >= 15 is 0 Å². The van der Waals surface area contributed by atoms with Gasteiger partial charge in [-0.05, 0) is 91.5 Å². The fraction of sp³-hybridized carbons (Fsp3) is 0.531. The number of benzene rings is 2. The number of hydrogen-bond donors (Lipinski definition) is 2. The second-order valence-electron chi connectivity index (χ2n) is 12.4. The number of alkyl halides is 3. The van der Waals surface area contributed by atoms with Crippen molar-refractivity contribution in [1.82, 2.24) is 19.6 Å². The van der Waals surface area contributed by atoms with Crippen LogP contribution in [0.25, 0.3) is 0 Å². The summed E-state index contributed by atoms with van der Waals surface area (Å²) in [4.78, 5) is 47.2. The van der Waals surface area contributed by atoms with Gasteiger partial charge in [-0.15, -0.1) is 0 Å². The van der Waals surface area contributed by atoms with E-state index < -0.39 is 35.5 Å². The lowest BCUT2D eigenvalue weighted by atomic mass is 10.00. The average Bonchev–Trinajstić information content (AvgIpc) is 3.19. The number of carbonyl (C=O) groups excluding carboxylic acids is 3. The molecule has 2 fully saturated rings. The standard InChI is InChI=1S/C32H40BrF3N6O4/c1-39(2)22-8-12-40(13-9-22)29(43)27(19-20-17-24(32(34,35)36)28(37)25(33)18-20)46-31(45)41-14-10-23(11-15-41)42-16-7-21-5-3-4-6-26(21)38-30(42)44/h3-6,17-18,22-23,27H,7-16,19,37H2,1-2H3,(H,38,44). The average molecular weight is 710 g/mol. The van der Waals surface area contributed by atoms with Gasteiger partial charge in [0.25, 0.3) is 5.91 Å². The number of hydrogen-bond acceptors (Lipinski definition) is 6. The highest BCUT2D eigenvalue weighted by Crippen LogP contribution is 2.38. The molecule has 2 aromatic rings. The Bertz CT molecular complexity index is 1440. The van der Waals surface area contributed by atoms with Gasteiger partial charge in [-0.25, -0.2) is 9.59 Å². The van der Waals surface area contributed by atoms with Crippen LogP contribution in [0.15, 0.2) is 40.9 Å². The lowest BCUT2D eigenvalue weighted by Crippen LogP contribution is -2.52. The summed E-state index contributed by atoms with van der Waals surface area (Å²) in [7, 11) is 3.96. The maximum Gasteiger partial charge on any atom is 0.418 e. The first-order chi connectivity index (χ1) is 21.8. The molecule has 3 heterocycles. The third-order valence-electron chi connectivity index (χ3n) is 9.25. The van der Waals surface area contributed by atoms with Gasteiger partial charge < -0.3 is 35.4 Å². The number of piperidine rings is 2. The molecule has 0 radical (unpaired) electrons. The van der Waals surface area contributed by atoms with Crippen LogP contribution in [0.4, 0.5) is 34.1 Å². The SMILES string of the molecule is CN(C)C1CCN(C(=O)C(Cc2cc(Br)c(N)c(C(F)(F)F)c2)OC(=O)N2CCC(N3CCc4ccccc4NC3=O)CC2)CC1. The number of carbonyl (C=O) groups is 3. The molecule has 3 aliphatic heterocycles. The third kappa shape index (κ3) is 7.71. The quantitative estimate of drug-likeness (QED) is 0.399. The molecule has 0 bridgehead atoms. The number of halogens is 4. The molecule has 4 amide bonds. The Labute approximate surface area is 275 Å². The monoisotopic (exact) mass is 708 g/mol. The Morgan fingerprint density at radius 2 is 1.70 bits per heavy atom. The fourth-order valence-corrected chi connectivity index (χ4v) is 7.03. The van der Waals surface area contributed by atoms with Crippen molar-refractivity contribution >= 4 is 45.3 Å². The van der Waals surface area contributed by atoms with Gasteiger partial charge in [-0.3, -0.25) is 4.79 Å². The molecule has 250 valence electrons. The predicted octanol–water partition coefficient (Wildman–Crippen LogP) is 5.21. The summed E-state index contributed by atoms with van der Waals surface area (Å²) in [6.07, 6.45) is -3.77. The minimum atomic E-state index is -4.70. The molecule has 5 rings (SSSR count). The predicted molar refractivity (Wildman–Crippen MR) is 171 cm³/mol. The Morgan fingerprint density at radius 1 is 1.04 bits per heavy atom. The van der Waals surface area contributed by atoms with Crippen molar-refractivity contribution in [3.05, 3.63) is 57.6 Å². The van der Waals surface area contributed by atoms with Gasteiger partial charge >= 0.3 is 18.3 Å². The number of nitrogens with one attached hydrogen (secondary N) is 1. The second-order valence-corrected chi connectivity index (χ2v) is 13.2.